The maximum Gasteiger partial charge on any atom is 0.229 e. The predicted octanol–water partition coefficient (Wildman–Crippen LogP) is 4.49. The Bertz CT molecular complexity index is 800. The van der Waals surface area contributed by atoms with Gasteiger partial charge in [-0.2, -0.15) is 4.98 Å². The Morgan fingerprint density at radius 1 is 0.875 bits per heavy atom. The van der Waals surface area contributed by atoms with Crippen molar-refractivity contribution >= 4 is 17.5 Å². The molecule has 4 nitrogen and oxygen atoms in total. The van der Waals surface area contributed by atoms with E-state index < -0.39 is 0 Å². The fourth-order valence-electron chi connectivity index (χ4n) is 2.55. The zero-order valence-corrected chi connectivity index (χ0v) is 14.1. The minimum absolute atomic E-state index is 0.614. The van der Waals surface area contributed by atoms with Crippen molar-refractivity contribution in [3.8, 4) is 0 Å². The van der Waals surface area contributed by atoms with Gasteiger partial charge in [0, 0.05) is 24.0 Å². The average Bonchev–Trinajstić information content (AvgIpc) is 2.55. The van der Waals surface area contributed by atoms with Gasteiger partial charge in [-0.15, -0.1) is 0 Å². The average molecular weight is 318 g/mol. The normalized spacial score (nSPS) is 10.4. The molecule has 2 N–H and O–H groups in total. The Kier molecular flexibility index (Phi) is 5.06. The van der Waals surface area contributed by atoms with Crippen LogP contribution in [0, 0.1) is 13.8 Å². The summed E-state index contributed by atoms with van der Waals surface area (Å²) in [5.41, 5.74) is 4.45. The standard InChI is InChI=1S/C20H22N4/c1-15-7-6-10-18(13-15)23-20-22-16(2)14-19(24-20)21-12-11-17-8-4-3-5-9-17/h3-10,13-14H,11-12H2,1-2H3,(H2,21,22,23,24). The molecule has 2 aromatic carbocycles. The predicted molar refractivity (Wildman–Crippen MR) is 99.9 cm³/mol. The molecule has 0 saturated heterocycles. The number of aryl methyl sites for hydroxylation is 2. The number of aromatic nitrogens is 2. The van der Waals surface area contributed by atoms with E-state index in [1.165, 1.54) is 11.1 Å². The van der Waals surface area contributed by atoms with Gasteiger partial charge in [0.25, 0.3) is 0 Å². The van der Waals surface area contributed by atoms with Crippen molar-refractivity contribution in [2.75, 3.05) is 17.2 Å². The summed E-state index contributed by atoms with van der Waals surface area (Å²) in [6, 6.07) is 20.6. The molecule has 4 heteroatoms. The number of anilines is 3. The SMILES string of the molecule is Cc1cccc(Nc2nc(C)cc(NCCc3ccccc3)n2)c1. The van der Waals surface area contributed by atoms with Crippen molar-refractivity contribution in [1.82, 2.24) is 9.97 Å². The number of benzene rings is 2. The Morgan fingerprint density at radius 2 is 1.71 bits per heavy atom. The lowest BCUT2D eigenvalue weighted by molar-refractivity contribution is 0.995. The van der Waals surface area contributed by atoms with E-state index in [4.69, 9.17) is 0 Å². The van der Waals surface area contributed by atoms with Crippen LogP contribution < -0.4 is 10.6 Å². The quantitative estimate of drug-likeness (QED) is 0.703. The third-order valence-corrected chi connectivity index (χ3v) is 3.69. The molecule has 1 aromatic heterocycles. The highest BCUT2D eigenvalue weighted by atomic mass is 15.1. The third-order valence-electron chi connectivity index (χ3n) is 3.69. The zero-order chi connectivity index (χ0) is 16.8. The maximum absolute atomic E-state index is 4.56. The first-order valence-corrected chi connectivity index (χ1v) is 8.16. The van der Waals surface area contributed by atoms with Gasteiger partial charge in [-0.25, -0.2) is 4.98 Å². The summed E-state index contributed by atoms with van der Waals surface area (Å²) in [4.78, 5) is 9.02. The van der Waals surface area contributed by atoms with Gasteiger partial charge >= 0.3 is 0 Å². The summed E-state index contributed by atoms with van der Waals surface area (Å²) in [7, 11) is 0. The van der Waals surface area contributed by atoms with Crippen molar-refractivity contribution in [2.24, 2.45) is 0 Å². The molecule has 122 valence electrons. The van der Waals surface area contributed by atoms with E-state index in [0.717, 1.165) is 30.2 Å². The van der Waals surface area contributed by atoms with Gasteiger partial charge in [-0.3, -0.25) is 0 Å². The minimum Gasteiger partial charge on any atom is -0.370 e. The van der Waals surface area contributed by atoms with E-state index in [0.29, 0.717) is 5.95 Å². The summed E-state index contributed by atoms with van der Waals surface area (Å²) in [5, 5.41) is 6.65. The lowest BCUT2D eigenvalue weighted by atomic mass is 10.1. The van der Waals surface area contributed by atoms with Gasteiger partial charge < -0.3 is 10.6 Å². The Morgan fingerprint density at radius 3 is 2.50 bits per heavy atom. The topological polar surface area (TPSA) is 49.8 Å². The largest absolute Gasteiger partial charge is 0.370 e. The summed E-state index contributed by atoms with van der Waals surface area (Å²) >= 11 is 0. The van der Waals surface area contributed by atoms with E-state index in [1.807, 2.05) is 31.2 Å². The number of rotatable bonds is 6. The third kappa shape index (κ3) is 4.56. The first-order chi connectivity index (χ1) is 11.7. The fourth-order valence-corrected chi connectivity index (χ4v) is 2.55. The van der Waals surface area contributed by atoms with Gasteiger partial charge in [0.2, 0.25) is 5.95 Å². The van der Waals surface area contributed by atoms with Crippen molar-refractivity contribution in [3.63, 3.8) is 0 Å². The molecule has 0 aliphatic carbocycles. The van der Waals surface area contributed by atoms with Gasteiger partial charge in [0.15, 0.2) is 0 Å². The van der Waals surface area contributed by atoms with E-state index in [1.54, 1.807) is 0 Å². The summed E-state index contributed by atoms with van der Waals surface area (Å²) in [6.45, 7) is 4.88. The number of hydrogen-bond donors (Lipinski definition) is 2. The van der Waals surface area contributed by atoms with Gasteiger partial charge in [-0.05, 0) is 43.5 Å². The highest BCUT2D eigenvalue weighted by Gasteiger charge is 2.03. The van der Waals surface area contributed by atoms with E-state index in [2.05, 4.69) is 63.9 Å². The monoisotopic (exact) mass is 318 g/mol. The first kappa shape index (κ1) is 16.0. The summed E-state index contributed by atoms with van der Waals surface area (Å²) in [5.74, 6) is 1.45. The van der Waals surface area contributed by atoms with Gasteiger partial charge in [0.05, 0.1) is 0 Å². The number of hydrogen-bond acceptors (Lipinski definition) is 4. The summed E-state index contributed by atoms with van der Waals surface area (Å²) in [6.07, 6.45) is 0.963. The van der Waals surface area contributed by atoms with Crippen molar-refractivity contribution in [2.45, 2.75) is 20.3 Å². The second kappa shape index (κ2) is 7.59. The second-order valence-corrected chi connectivity index (χ2v) is 5.88. The zero-order valence-electron chi connectivity index (χ0n) is 14.1. The highest BCUT2D eigenvalue weighted by molar-refractivity contribution is 5.56. The maximum atomic E-state index is 4.56. The molecular weight excluding hydrogens is 296 g/mol. The van der Waals surface area contributed by atoms with Crippen LogP contribution in [0.25, 0.3) is 0 Å². The molecule has 0 radical (unpaired) electrons. The number of nitrogens with zero attached hydrogens (tertiary/aromatic N) is 2. The van der Waals surface area contributed by atoms with E-state index >= 15 is 0 Å². The number of nitrogens with one attached hydrogen (secondary N) is 2. The van der Waals surface area contributed by atoms with Crippen molar-refractivity contribution < 1.29 is 0 Å². The molecule has 24 heavy (non-hydrogen) atoms. The second-order valence-electron chi connectivity index (χ2n) is 5.88. The van der Waals surface area contributed by atoms with Gasteiger partial charge in [0.1, 0.15) is 5.82 Å². The molecule has 0 unspecified atom stereocenters. The van der Waals surface area contributed by atoms with Crippen LogP contribution >= 0.6 is 0 Å². The van der Waals surface area contributed by atoms with E-state index in [-0.39, 0.29) is 0 Å². The molecule has 0 amide bonds. The highest BCUT2D eigenvalue weighted by Crippen LogP contribution is 2.17. The van der Waals surface area contributed by atoms with E-state index in [9.17, 15) is 0 Å². The Balaban J connectivity index is 1.65. The molecule has 3 rings (SSSR count). The minimum atomic E-state index is 0.614. The van der Waals surface area contributed by atoms with Crippen LogP contribution in [0.5, 0.6) is 0 Å². The molecule has 0 aliphatic rings. The molecule has 0 fully saturated rings. The molecule has 0 bridgehead atoms. The van der Waals surface area contributed by atoms with Crippen LogP contribution in [0.3, 0.4) is 0 Å². The first-order valence-electron chi connectivity index (χ1n) is 8.16. The van der Waals surface area contributed by atoms with Crippen molar-refractivity contribution in [1.29, 1.82) is 0 Å². The fraction of sp³-hybridized carbons (Fsp3) is 0.200. The van der Waals surface area contributed by atoms with Crippen molar-refractivity contribution in [3.05, 3.63) is 77.5 Å². The van der Waals surface area contributed by atoms with Crippen LogP contribution in [0.2, 0.25) is 0 Å². The van der Waals surface area contributed by atoms with Gasteiger partial charge in [-0.1, -0.05) is 42.5 Å². The molecule has 3 aromatic rings. The van der Waals surface area contributed by atoms with Crippen LogP contribution in [-0.2, 0) is 6.42 Å². The molecule has 0 spiro atoms. The van der Waals surface area contributed by atoms with Crippen LogP contribution in [0.1, 0.15) is 16.8 Å². The lowest BCUT2D eigenvalue weighted by Gasteiger charge is -2.10. The smallest absolute Gasteiger partial charge is 0.229 e. The van der Waals surface area contributed by atoms with Crippen LogP contribution in [-0.4, -0.2) is 16.5 Å². The van der Waals surface area contributed by atoms with Crippen LogP contribution in [0.15, 0.2) is 60.7 Å². The van der Waals surface area contributed by atoms with Crippen LogP contribution in [0.4, 0.5) is 17.5 Å². The molecular formula is C20H22N4. The molecule has 0 aliphatic heterocycles. The Labute approximate surface area is 143 Å². The summed E-state index contributed by atoms with van der Waals surface area (Å²) < 4.78 is 0. The molecule has 0 atom stereocenters. The lowest BCUT2D eigenvalue weighted by Crippen LogP contribution is -2.08. The molecule has 0 saturated carbocycles. The Hall–Kier alpha value is -2.88. The molecule has 1 heterocycles.